The summed E-state index contributed by atoms with van der Waals surface area (Å²) in [6.07, 6.45) is 8.77. The van der Waals surface area contributed by atoms with Crippen LogP contribution in [0.3, 0.4) is 0 Å². The summed E-state index contributed by atoms with van der Waals surface area (Å²) in [5, 5.41) is 6.34. The van der Waals surface area contributed by atoms with Crippen molar-refractivity contribution in [3.63, 3.8) is 0 Å². The third-order valence-electron chi connectivity index (χ3n) is 2.81. The third kappa shape index (κ3) is 2.58. The summed E-state index contributed by atoms with van der Waals surface area (Å²) in [6, 6.07) is 0.879. The summed E-state index contributed by atoms with van der Waals surface area (Å²) in [5.41, 5.74) is 0. The van der Waals surface area contributed by atoms with E-state index >= 15 is 0 Å². The molecule has 3 heteroatoms. The van der Waals surface area contributed by atoms with E-state index in [2.05, 4.69) is 22.8 Å². The van der Waals surface area contributed by atoms with Crippen molar-refractivity contribution in [2.24, 2.45) is 0 Å². The highest BCUT2D eigenvalue weighted by Crippen LogP contribution is 2.18. The quantitative estimate of drug-likeness (QED) is 0.655. The van der Waals surface area contributed by atoms with Crippen LogP contribution in [-0.2, 0) is 4.79 Å². The molecule has 78 valence electrons. The monoisotopic (exact) mass is 194 g/mol. The lowest BCUT2D eigenvalue weighted by atomic mass is 10.2. The molecule has 2 rings (SSSR count). The second-order valence-corrected chi connectivity index (χ2v) is 4.31. The molecule has 14 heavy (non-hydrogen) atoms. The van der Waals surface area contributed by atoms with E-state index in [-0.39, 0.29) is 11.9 Å². The molecule has 0 spiro atoms. The lowest BCUT2D eigenvalue weighted by molar-refractivity contribution is -0.123. The molecule has 1 unspecified atom stereocenters. The molecule has 0 radical (unpaired) electrons. The molecule has 0 saturated heterocycles. The first kappa shape index (κ1) is 9.71. The molecule has 0 aliphatic heterocycles. The van der Waals surface area contributed by atoms with E-state index in [1.54, 1.807) is 0 Å². The minimum Gasteiger partial charge on any atom is -0.352 e. The molecule has 0 aromatic heterocycles. The molecule has 2 aliphatic carbocycles. The van der Waals surface area contributed by atoms with Gasteiger partial charge in [-0.3, -0.25) is 4.79 Å². The predicted molar refractivity (Wildman–Crippen MR) is 55.9 cm³/mol. The van der Waals surface area contributed by atoms with Crippen LogP contribution in [0.4, 0.5) is 0 Å². The number of hydrogen-bond donors (Lipinski definition) is 2. The van der Waals surface area contributed by atoms with Crippen LogP contribution in [0.5, 0.6) is 0 Å². The van der Waals surface area contributed by atoms with E-state index in [9.17, 15) is 4.79 Å². The van der Waals surface area contributed by atoms with Gasteiger partial charge in [0.05, 0.1) is 6.04 Å². The van der Waals surface area contributed by atoms with Crippen LogP contribution in [-0.4, -0.2) is 24.0 Å². The SMILES string of the molecule is CC(NC1CC=CC1)C(=O)NC1CC1. The largest absolute Gasteiger partial charge is 0.352 e. The Hall–Kier alpha value is -0.830. The van der Waals surface area contributed by atoms with E-state index in [1.807, 2.05) is 6.92 Å². The molecule has 1 fully saturated rings. The van der Waals surface area contributed by atoms with Crippen molar-refractivity contribution in [2.45, 2.75) is 50.7 Å². The van der Waals surface area contributed by atoms with Crippen LogP contribution in [0.1, 0.15) is 32.6 Å². The van der Waals surface area contributed by atoms with Crippen molar-refractivity contribution in [3.8, 4) is 0 Å². The van der Waals surface area contributed by atoms with E-state index in [4.69, 9.17) is 0 Å². The molecular formula is C11H18N2O. The van der Waals surface area contributed by atoms with Crippen molar-refractivity contribution in [3.05, 3.63) is 12.2 Å². The first-order valence-corrected chi connectivity index (χ1v) is 5.47. The van der Waals surface area contributed by atoms with Gasteiger partial charge in [0.15, 0.2) is 0 Å². The Morgan fingerprint density at radius 3 is 2.50 bits per heavy atom. The van der Waals surface area contributed by atoms with Gasteiger partial charge in [0, 0.05) is 12.1 Å². The van der Waals surface area contributed by atoms with E-state index in [0.717, 1.165) is 25.7 Å². The Labute approximate surface area is 84.9 Å². The molecule has 1 atom stereocenters. The summed E-state index contributed by atoms with van der Waals surface area (Å²) in [4.78, 5) is 11.6. The van der Waals surface area contributed by atoms with Gasteiger partial charge >= 0.3 is 0 Å². The highest BCUT2D eigenvalue weighted by atomic mass is 16.2. The number of carbonyl (C=O) groups is 1. The van der Waals surface area contributed by atoms with Gasteiger partial charge in [-0.2, -0.15) is 0 Å². The highest BCUT2D eigenvalue weighted by molar-refractivity contribution is 5.81. The average Bonchev–Trinajstić information content (AvgIpc) is 2.81. The molecule has 3 nitrogen and oxygen atoms in total. The van der Waals surface area contributed by atoms with Crippen molar-refractivity contribution < 1.29 is 4.79 Å². The number of hydrogen-bond acceptors (Lipinski definition) is 2. The maximum Gasteiger partial charge on any atom is 0.237 e. The van der Waals surface area contributed by atoms with E-state index in [1.165, 1.54) is 0 Å². The van der Waals surface area contributed by atoms with Crippen molar-refractivity contribution >= 4 is 5.91 Å². The Morgan fingerprint density at radius 1 is 1.29 bits per heavy atom. The Morgan fingerprint density at radius 2 is 1.93 bits per heavy atom. The first-order chi connectivity index (χ1) is 6.75. The van der Waals surface area contributed by atoms with Gasteiger partial charge in [-0.05, 0) is 32.6 Å². The fourth-order valence-electron chi connectivity index (χ4n) is 1.74. The topological polar surface area (TPSA) is 41.1 Å². The number of carbonyl (C=O) groups excluding carboxylic acids is 1. The second-order valence-electron chi connectivity index (χ2n) is 4.31. The van der Waals surface area contributed by atoms with Gasteiger partial charge in [0.25, 0.3) is 0 Å². The van der Waals surface area contributed by atoms with Crippen LogP contribution >= 0.6 is 0 Å². The van der Waals surface area contributed by atoms with Crippen molar-refractivity contribution in [2.75, 3.05) is 0 Å². The standard InChI is InChI=1S/C11H18N2O/c1-8(11(14)13-10-6-7-10)12-9-4-2-3-5-9/h2-3,8-10,12H,4-7H2,1H3,(H,13,14). The predicted octanol–water partition coefficient (Wildman–Crippen LogP) is 0.962. The minimum absolute atomic E-state index is 0.0551. The molecule has 1 amide bonds. The fraction of sp³-hybridized carbons (Fsp3) is 0.727. The van der Waals surface area contributed by atoms with Crippen molar-refractivity contribution in [1.82, 2.24) is 10.6 Å². The molecule has 0 heterocycles. The van der Waals surface area contributed by atoms with Crippen LogP contribution in [0.25, 0.3) is 0 Å². The van der Waals surface area contributed by atoms with E-state index < -0.39 is 0 Å². The van der Waals surface area contributed by atoms with Gasteiger partial charge in [0.2, 0.25) is 5.91 Å². The average molecular weight is 194 g/mol. The molecule has 0 aromatic rings. The fourth-order valence-corrected chi connectivity index (χ4v) is 1.74. The number of amides is 1. The third-order valence-corrected chi connectivity index (χ3v) is 2.81. The zero-order valence-electron chi connectivity index (χ0n) is 8.62. The molecule has 2 aliphatic rings. The zero-order chi connectivity index (χ0) is 9.97. The summed E-state index contributed by atoms with van der Waals surface area (Å²) in [6.45, 7) is 1.94. The smallest absolute Gasteiger partial charge is 0.237 e. The van der Waals surface area contributed by atoms with Gasteiger partial charge in [-0.25, -0.2) is 0 Å². The molecule has 2 N–H and O–H groups in total. The summed E-state index contributed by atoms with van der Waals surface area (Å²) in [7, 11) is 0. The van der Waals surface area contributed by atoms with Gasteiger partial charge < -0.3 is 10.6 Å². The second kappa shape index (κ2) is 4.13. The maximum atomic E-state index is 11.6. The molecule has 0 bridgehead atoms. The Bertz CT molecular complexity index is 238. The van der Waals surface area contributed by atoms with E-state index in [0.29, 0.717) is 12.1 Å². The van der Waals surface area contributed by atoms with Crippen LogP contribution < -0.4 is 10.6 Å². The Balaban J connectivity index is 1.70. The zero-order valence-corrected chi connectivity index (χ0v) is 8.62. The lowest BCUT2D eigenvalue weighted by Crippen LogP contribution is -2.46. The Kier molecular flexibility index (Phi) is 2.87. The number of nitrogens with one attached hydrogen (secondary N) is 2. The maximum absolute atomic E-state index is 11.6. The van der Waals surface area contributed by atoms with Crippen LogP contribution in [0.15, 0.2) is 12.2 Å². The van der Waals surface area contributed by atoms with Crippen LogP contribution in [0.2, 0.25) is 0 Å². The highest BCUT2D eigenvalue weighted by Gasteiger charge is 2.26. The normalized spacial score (nSPS) is 23.8. The van der Waals surface area contributed by atoms with Crippen LogP contribution in [0, 0.1) is 0 Å². The summed E-state index contributed by atoms with van der Waals surface area (Å²) in [5.74, 6) is 0.152. The number of rotatable bonds is 4. The molecule has 0 aromatic carbocycles. The molecular weight excluding hydrogens is 176 g/mol. The van der Waals surface area contributed by atoms with Gasteiger partial charge in [0.1, 0.15) is 0 Å². The van der Waals surface area contributed by atoms with Gasteiger partial charge in [-0.15, -0.1) is 0 Å². The lowest BCUT2D eigenvalue weighted by Gasteiger charge is -2.18. The summed E-state index contributed by atoms with van der Waals surface area (Å²) >= 11 is 0. The summed E-state index contributed by atoms with van der Waals surface area (Å²) < 4.78 is 0. The van der Waals surface area contributed by atoms with Gasteiger partial charge in [-0.1, -0.05) is 12.2 Å². The molecule has 1 saturated carbocycles. The first-order valence-electron chi connectivity index (χ1n) is 5.47. The minimum atomic E-state index is -0.0551. The van der Waals surface area contributed by atoms with Crippen molar-refractivity contribution in [1.29, 1.82) is 0 Å².